The van der Waals surface area contributed by atoms with E-state index in [0.29, 0.717) is 12.0 Å². The van der Waals surface area contributed by atoms with Crippen LogP contribution in [0.1, 0.15) is 105 Å². The Kier molecular flexibility index (Phi) is 13.6. The topological polar surface area (TPSA) is 142 Å². The van der Waals surface area contributed by atoms with Gasteiger partial charge >= 0.3 is 23.9 Å². The number of esters is 3. The first-order chi connectivity index (χ1) is 18.1. The van der Waals surface area contributed by atoms with Crippen molar-refractivity contribution in [2.24, 2.45) is 23.0 Å². The summed E-state index contributed by atoms with van der Waals surface area (Å²) in [5, 5.41) is 9.71. The summed E-state index contributed by atoms with van der Waals surface area (Å²) < 4.78 is 16.8. The van der Waals surface area contributed by atoms with Crippen molar-refractivity contribution in [3.63, 3.8) is 0 Å². The van der Waals surface area contributed by atoms with Crippen molar-refractivity contribution in [3.8, 4) is 11.5 Å². The van der Waals surface area contributed by atoms with Crippen molar-refractivity contribution >= 4 is 23.9 Å². The van der Waals surface area contributed by atoms with Crippen LogP contribution in [-0.2, 0) is 23.9 Å². The molecule has 9 nitrogen and oxygen atoms in total. The molecule has 0 amide bonds. The lowest BCUT2D eigenvalue weighted by molar-refractivity contribution is -0.159. The number of carbonyl (C=O) groups excluding carboxylic acids is 3. The van der Waals surface area contributed by atoms with E-state index in [0.717, 1.165) is 12.8 Å². The molecule has 0 aliphatic rings. The van der Waals surface area contributed by atoms with Gasteiger partial charge in [-0.3, -0.25) is 19.2 Å². The Morgan fingerprint density at radius 2 is 1.41 bits per heavy atom. The molecule has 0 radical (unpaired) electrons. The summed E-state index contributed by atoms with van der Waals surface area (Å²) in [6.45, 7) is 14.9. The smallest absolute Gasteiger partial charge is 0.321 e. The van der Waals surface area contributed by atoms with E-state index in [9.17, 15) is 24.3 Å². The van der Waals surface area contributed by atoms with Gasteiger partial charge in [0.1, 0.15) is 6.04 Å². The Balaban J connectivity index is 3.38. The van der Waals surface area contributed by atoms with E-state index in [1.54, 1.807) is 26.8 Å². The first kappa shape index (κ1) is 34.1. The van der Waals surface area contributed by atoms with Crippen LogP contribution in [0.25, 0.3) is 0 Å². The van der Waals surface area contributed by atoms with Crippen LogP contribution in [0.15, 0.2) is 18.2 Å². The summed E-state index contributed by atoms with van der Waals surface area (Å²) in [6, 6.07) is 3.23. The van der Waals surface area contributed by atoms with Gasteiger partial charge in [0.2, 0.25) is 0 Å². The fourth-order valence-electron chi connectivity index (χ4n) is 3.66. The molecule has 0 heterocycles. The summed E-state index contributed by atoms with van der Waals surface area (Å²) in [4.78, 5) is 49.6. The third kappa shape index (κ3) is 11.0. The highest BCUT2D eigenvalue weighted by molar-refractivity contribution is 5.78. The lowest BCUT2D eigenvalue weighted by Gasteiger charge is -2.28. The van der Waals surface area contributed by atoms with Gasteiger partial charge in [-0.05, 0) is 63.1 Å². The monoisotopic (exact) mass is 549 g/mol. The van der Waals surface area contributed by atoms with Crippen molar-refractivity contribution in [2.45, 2.75) is 112 Å². The summed E-state index contributed by atoms with van der Waals surface area (Å²) in [5.41, 5.74) is 5.85. The average Bonchev–Trinajstić information content (AvgIpc) is 2.87. The van der Waals surface area contributed by atoms with Crippen molar-refractivity contribution in [2.75, 3.05) is 0 Å². The highest BCUT2D eigenvalue weighted by Crippen LogP contribution is 2.36. The fraction of sp³-hybridized carbons (Fsp3) is 0.667. The summed E-state index contributed by atoms with van der Waals surface area (Å²) in [5.74, 6) is -3.07. The van der Waals surface area contributed by atoms with Gasteiger partial charge in [0.05, 0.1) is 11.5 Å². The van der Waals surface area contributed by atoms with Crippen molar-refractivity contribution in [1.82, 2.24) is 0 Å². The molecule has 0 fully saturated rings. The molecule has 0 saturated heterocycles. The van der Waals surface area contributed by atoms with E-state index >= 15 is 0 Å². The molecule has 0 aliphatic carbocycles. The first-order valence-electron chi connectivity index (χ1n) is 13.9. The maximum atomic E-state index is 12.6. The number of hydrogen-bond acceptors (Lipinski definition) is 8. The Labute approximate surface area is 232 Å². The van der Waals surface area contributed by atoms with Gasteiger partial charge in [-0.25, -0.2) is 0 Å². The highest BCUT2D eigenvalue weighted by atomic mass is 16.6. The number of aliphatic carboxylic acids is 1. The first-order valence-corrected chi connectivity index (χ1v) is 13.9. The molecule has 0 bridgehead atoms. The van der Waals surface area contributed by atoms with Gasteiger partial charge < -0.3 is 25.1 Å². The summed E-state index contributed by atoms with van der Waals surface area (Å²) >= 11 is 0. The molecule has 220 valence electrons. The van der Waals surface area contributed by atoms with Crippen LogP contribution in [0.3, 0.4) is 0 Å². The standard InChI is InChI=1S/C30H47NO8/c1-9-18(4)14-25(32)38-23-13-12-21(17-24(23)39-26(33)15-19(5)10-2)22(27(31)28(34)35)16-20(6)37-29(36)30(7,8)11-3/h12-13,17-20,22,27H,9-11,14-16,31H2,1-8H3,(H,34,35)/t18?,19?,20?,22?,27-/m0/s1. The molecule has 5 atom stereocenters. The van der Waals surface area contributed by atoms with Crippen LogP contribution in [0.2, 0.25) is 0 Å². The molecule has 39 heavy (non-hydrogen) atoms. The van der Waals surface area contributed by atoms with Crippen LogP contribution >= 0.6 is 0 Å². The highest BCUT2D eigenvalue weighted by Gasteiger charge is 2.33. The summed E-state index contributed by atoms with van der Waals surface area (Å²) in [6.07, 6.45) is 2.01. The van der Waals surface area contributed by atoms with Crippen LogP contribution in [-0.4, -0.2) is 41.1 Å². The molecular formula is C30H47NO8. The lowest BCUT2D eigenvalue weighted by atomic mass is 9.86. The molecule has 1 rings (SSSR count). The van der Waals surface area contributed by atoms with Crippen LogP contribution < -0.4 is 15.2 Å². The summed E-state index contributed by atoms with van der Waals surface area (Å²) in [7, 11) is 0. The average molecular weight is 550 g/mol. The van der Waals surface area contributed by atoms with Gasteiger partial charge in [0.15, 0.2) is 11.5 Å². The number of nitrogens with two attached hydrogens (primary N) is 1. The largest absolute Gasteiger partial charge is 0.480 e. The van der Waals surface area contributed by atoms with Gasteiger partial charge in [-0.2, -0.15) is 0 Å². The van der Waals surface area contributed by atoms with E-state index in [2.05, 4.69) is 0 Å². The van der Waals surface area contributed by atoms with Crippen LogP contribution in [0, 0.1) is 17.3 Å². The number of ether oxygens (including phenoxy) is 3. The minimum Gasteiger partial charge on any atom is -0.480 e. The van der Waals surface area contributed by atoms with Crippen LogP contribution in [0.4, 0.5) is 0 Å². The van der Waals surface area contributed by atoms with Gasteiger partial charge in [-0.15, -0.1) is 0 Å². The van der Waals surface area contributed by atoms with Gasteiger partial charge in [0, 0.05) is 18.8 Å². The molecule has 3 N–H and O–H groups in total. The minimum absolute atomic E-state index is 0.0117. The number of hydrogen-bond donors (Lipinski definition) is 2. The van der Waals surface area contributed by atoms with E-state index < -0.39 is 41.4 Å². The molecular weight excluding hydrogens is 502 g/mol. The fourth-order valence-corrected chi connectivity index (χ4v) is 3.66. The Bertz CT molecular complexity index is 989. The zero-order valence-electron chi connectivity index (χ0n) is 24.7. The third-order valence-electron chi connectivity index (χ3n) is 7.32. The second-order valence-electron chi connectivity index (χ2n) is 11.2. The van der Waals surface area contributed by atoms with Crippen molar-refractivity contribution in [1.29, 1.82) is 0 Å². The second-order valence-corrected chi connectivity index (χ2v) is 11.2. The molecule has 9 heteroatoms. The van der Waals surface area contributed by atoms with E-state index in [-0.39, 0.29) is 48.6 Å². The molecule has 0 aliphatic heterocycles. The second kappa shape index (κ2) is 15.6. The molecule has 4 unspecified atom stereocenters. The van der Waals surface area contributed by atoms with Gasteiger partial charge in [-0.1, -0.05) is 53.5 Å². The van der Waals surface area contributed by atoms with Gasteiger partial charge in [0.25, 0.3) is 0 Å². The number of carboxylic acid groups (broad SMARTS) is 1. The molecule has 1 aromatic carbocycles. The third-order valence-corrected chi connectivity index (χ3v) is 7.32. The molecule has 0 spiro atoms. The maximum Gasteiger partial charge on any atom is 0.321 e. The normalized spacial score (nSPS) is 15.4. The van der Waals surface area contributed by atoms with Crippen molar-refractivity contribution < 1.29 is 38.5 Å². The number of carbonyl (C=O) groups is 4. The van der Waals surface area contributed by atoms with Crippen LogP contribution in [0.5, 0.6) is 11.5 Å². The Morgan fingerprint density at radius 3 is 1.87 bits per heavy atom. The van der Waals surface area contributed by atoms with E-state index in [1.807, 2.05) is 34.6 Å². The molecule has 1 aromatic rings. The maximum absolute atomic E-state index is 12.6. The van der Waals surface area contributed by atoms with Crippen molar-refractivity contribution in [3.05, 3.63) is 23.8 Å². The zero-order chi connectivity index (χ0) is 29.9. The lowest BCUT2D eigenvalue weighted by Crippen LogP contribution is -2.39. The Hall–Kier alpha value is -2.94. The molecule has 0 saturated carbocycles. The number of benzene rings is 1. The Morgan fingerprint density at radius 1 is 0.897 bits per heavy atom. The predicted molar refractivity (Wildman–Crippen MR) is 148 cm³/mol. The number of rotatable bonds is 16. The SMILES string of the molecule is CCC(C)CC(=O)Oc1ccc(C(CC(C)OC(=O)C(C)(C)CC)[C@H](N)C(=O)O)cc1OC(=O)CC(C)CC. The molecule has 0 aromatic heterocycles. The minimum atomic E-state index is -1.33. The quantitative estimate of drug-likeness (QED) is 0.198. The van der Waals surface area contributed by atoms with E-state index in [1.165, 1.54) is 12.1 Å². The predicted octanol–water partition coefficient (Wildman–Crippen LogP) is 5.62. The van der Waals surface area contributed by atoms with E-state index in [4.69, 9.17) is 19.9 Å². The number of carboxylic acids is 1. The zero-order valence-corrected chi connectivity index (χ0v) is 24.7.